The van der Waals surface area contributed by atoms with Crippen LogP contribution in [-0.2, 0) is 16.1 Å². The zero-order valence-electron chi connectivity index (χ0n) is 8.96. The number of benzene rings is 1. The average Bonchev–Trinajstić information content (AvgIpc) is 2.21. The van der Waals surface area contributed by atoms with E-state index in [1.54, 1.807) is 26.2 Å². The molecule has 0 heterocycles. The molecule has 0 spiro atoms. The molecule has 1 atom stereocenters. The van der Waals surface area contributed by atoms with Crippen molar-refractivity contribution in [1.29, 1.82) is 0 Å². The Morgan fingerprint density at radius 3 is 2.69 bits per heavy atom. The van der Waals surface area contributed by atoms with Gasteiger partial charge in [0.25, 0.3) is 0 Å². The van der Waals surface area contributed by atoms with Crippen LogP contribution in [0.5, 0.6) is 0 Å². The summed E-state index contributed by atoms with van der Waals surface area (Å²) < 4.78 is 5.78. The lowest BCUT2D eigenvalue weighted by Gasteiger charge is -2.12. The van der Waals surface area contributed by atoms with Crippen LogP contribution in [0.3, 0.4) is 0 Å². The fourth-order valence-corrected chi connectivity index (χ4v) is 2.29. The first kappa shape index (κ1) is 13.5. The molecule has 0 radical (unpaired) electrons. The fraction of sp³-hybridized carbons (Fsp3) is 0.364. The van der Waals surface area contributed by atoms with Crippen LogP contribution >= 0.6 is 27.5 Å². The predicted octanol–water partition coefficient (Wildman–Crippen LogP) is 3.44. The van der Waals surface area contributed by atoms with Crippen LogP contribution in [-0.4, -0.2) is 18.2 Å². The lowest BCUT2D eigenvalue weighted by atomic mass is 10.00. The Balaban J connectivity index is 3.14. The number of aliphatic carboxylic acids is 1. The van der Waals surface area contributed by atoms with E-state index in [0.717, 1.165) is 10.0 Å². The summed E-state index contributed by atoms with van der Waals surface area (Å²) in [6.07, 6.45) is 0. The maximum Gasteiger partial charge on any atom is 0.310 e. The monoisotopic (exact) mass is 306 g/mol. The van der Waals surface area contributed by atoms with Crippen LogP contribution < -0.4 is 0 Å². The summed E-state index contributed by atoms with van der Waals surface area (Å²) in [4.78, 5) is 10.8. The van der Waals surface area contributed by atoms with E-state index < -0.39 is 11.9 Å². The molecule has 1 aromatic carbocycles. The normalized spacial score (nSPS) is 12.5. The summed E-state index contributed by atoms with van der Waals surface area (Å²) in [6.45, 7) is 2.01. The summed E-state index contributed by atoms with van der Waals surface area (Å²) >= 11 is 9.42. The van der Waals surface area contributed by atoms with Crippen LogP contribution in [0, 0.1) is 0 Å². The molecule has 0 saturated carbocycles. The van der Waals surface area contributed by atoms with Crippen molar-refractivity contribution in [2.24, 2.45) is 0 Å². The Morgan fingerprint density at radius 1 is 1.62 bits per heavy atom. The molecule has 1 N–H and O–H groups in total. The fourth-order valence-electron chi connectivity index (χ4n) is 1.30. The van der Waals surface area contributed by atoms with Crippen LogP contribution in [0.4, 0.5) is 0 Å². The van der Waals surface area contributed by atoms with Gasteiger partial charge in [-0.05, 0) is 24.6 Å². The van der Waals surface area contributed by atoms with E-state index in [1.165, 1.54) is 0 Å². The van der Waals surface area contributed by atoms with E-state index in [1.807, 2.05) is 0 Å². The van der Waals surface area contributed by atoms with Crippen molar-refractivity contribution in [3.05, 3.63) is 32.8 Å². The van der Waals surface area contributed by atoms with Crippen LogP contribution in [0.2, 0.25) is 5.02 Å². The minimum Gasteiger partial charge on any atom is -0.481 e. The van der Waals surface area contributed by atoms with Crippen molar-refractivity contribution in [3.63, 3.8) is 0 Å². The van der Waals surface area contributed by atoms with Gasteiger partial charge in [0.15, 0.2) is 0 Å². The standard InChI is InChI=1S/C11H12BrClO3/c1-6(11(14)15)7-3-9(12)8(5-16-2)10(13)4-7/h3-4,6H,5H2,1-2H3,(H,14,15). The van der Waals surface area contributed by atoms with E-state index >= 15 is 0 Å². The molecule has 0 amide bonds. The van der Waals surface area contributed by atoms with Gasteiger partial charge >= 0.3 is 5.97 Å². The molecule has 0 aliphatic carbocycles. The molecule has 0 aliphatic rings. The molecular weight excluding hydrogens is 295 g/mol. The minimum atomic E-state index is -0.873. The highest BCUT2D eigenvalue weighted by Crippen LogP contribution is 2.30. The molecule has 0 fully saturated rings. The molecule has 1 unspecified atom stereocenters. The van der Waals surface area contributed by atoms with Crippen molar-refractivity contribution in [2.45, 2.75) is 19.4 Å². The van der Waals surface area contributed by atoms with Gasteiger partial charge in [-0.15, -0.1) is 0 Å². The summed E-state index contributed by atoms with van der Waals surface area (Å²) in [6, 6.07) is 3.43. The molecule has 5 heteroatoms. The molecule has 1 rings (SSSR count). The average molecular weight is 308 g/mol. The van der Waals surface area contributed by atoms with Gasteiger partial charge in [0.1, 0.15) is 0 Å². The van der Waals surface area contributed by atoms with E-state index in [9.17, 15) is 4.79 Å². The summed E-state index contributed by atoms with van der Waals surface area (Å²) in [5.74, 6) is -1.45. The Morgan fingerprint density at radius 2 is 2.25 bits per heavy atom. The first-order chi connectivity index (χ1) is 7.47. The highest BCUT2D eigenvalue weighted by molar-refractivity contribution is 9.10. The number of hydrogen-bond acceptors (Lipinski definition) is 2. The summed E-state index contributed by atoms with van der Waals surface area (Å²) in [5, 5.41) is 9.42. The van der Waals surface area contributed by atoms with Crippen molar-refractivity contribution >= 4 is 33.5 Å². The van der Waals surface area contributed by atoms with Crippen molar-refractivity contribution in [2.75, 3.05) is 7.11 Å². The van der Waals surface area contributed by atoms with E-state index in [0.29, 0.717) is 17.2 Å². The van der Waals surface area contributed by atoms with E-state index in [4.69, 9.17) is 21.4 Å². The zero-order valence-corrected chi connectivity index (χ0v) is 11.3. The number of ether oxygens (including phenoxy) is 1. The third-order valence-corrected chi connectivity index (χ3v) is 3.37. The van der Waals surface area contributed by atoms with Crippen LogP contribution in [0.15, 0.2) is 16.6 Å². The number of halogens is 2. The van der Waals surface area contributed by atoms with E-state index in [2.05, 4.69) is 15.9 Å². The smallest absolute Gasteiger partial charge is 0.310 e. The quantitative estimate of drug-likeness (QED) is 0.927. The van der Waals surface area contributed by atoms with Gasteiger partial charge in [-0.2, -0.15) is 0 Å². The molecule has 0 aliphatic heterocycles. The largest absolute Gasteiger partial charge is 0.481 e. The van der Waals surface area contributed by atoms with Gasteiger partial charge in [0.2, 0.25) is 0 Å². The SMILES string of the molecule is COCc1c(Cl)cc(C(C)C(=O)O)cc1Br. The third kappa shape index (κ3) is 2.97. The number of carboxylic acid groups (broad SMARTS) is 1. The van der Waals surface area contributed by atoms with E-state index in [-0.39, 0.29) is 0 Å². The highest BCUT2D eigenvalue weighted by Gasteiger charge is 2.17. The Kier molecular flexibility index (Phi) is 4.77. The van der Waals surface area contributed by atoms with Crippen LogP contribution in [0.25, 0.3) is 0 Å². The molecule has 16 heavy (non-hydrogen) atoms. The lowest BCUT2D eigenvalue weighted by molar-refractivity contribution is -0.138. The van der Waals surface area contributed by atoms with Gasteiger partial charge in [-0.1, -0.05) is 27.5 Å². The molecular formula is C11H12BrClO3. The molecule has 0 bridgehead atoms. The number of hydrogen-bond donors (Lipinski definition) is 1. The van der Waals surface area contributed by atoms with Gasteiger partial charge in [0.05, 0.1) is 12.5 Å². The molecule has 3 nitrogen and oxygen atoms in total. The molecule has 0 aromatic heterocycles. The minimum absolute atomic E-state index is 0.390. The Bertz CT molecular complexity index is 383. The van der Waals surface area contributed by atoms with Crippen molar-refractivity contribution < 1.29 is 14.6 Å². The maximum absolute atomic E-state index is 10.8. The Hall–Kier alpha value is -0.580. The van der Waals surface area contributed by atoms with Crippen molar-refractivity contribution in [1.82, 2.24) is 0 Å². The molecule has 88 valence electrons. The topological polar surface area (TPSA) is 46.5 Å². The number of rotatable bonds is 4. The van der Waals surface area contributed by atoms with Gasteiger partial charge in [-0.3, -0.25) is 4.79 Å². The number of methoxy groups -OCH3 is 1. The zero-order chi connectivity index (χ0) is 12.3. The van der Waals surface area contributed by atoms with Crippen LogP contribution in [0.1, 0.15) is 24.0 Å². The van der Waals surface area contributed by atoms with Gasteiger partial charge in [-0.25, -0.2) is 0 Å². The second kappa shape index (κ2) is 5.66. The number of carboxylic acids is 1. The molecule has 1 aromatic rings. The second-order valence-electron chi connectivity index (χ2n) is 3.46. The van der Waals surface area contributed by atoms with Gasteiger partial charge < -0.3 is 9.84 Å². The second-order valence-corrected chi connectivity index (χ2v) is 4.72. The summed E-state index contributed by atoms with van der Waals surface area (Å²) in [5.41, 5.74) is 1.50. The lowest BCUT2D eigenvalue weighted by Crippen LogP contribution is -2.08. The highest BCUT2D eigenvalue weighted by atomic mass is 79.9. The number of carbonyl (C=O) groups is 1. The summed E-state index contributed by atoms with van der Waals surface area (Å²) in [7, 11) is 1.58. The maximum atomic E-state index is 10.8. The first-order valence-corrected chi connectivity index (χ1v) is 5.84. The Labute approximate surface area is 107 Å². The van der Waals surface area contributed by atoms with Crippen molar-refractivity contribution in [3.8, 4) is 0 Å². The predicted molar refractivity (Wildman–Crippen MR) is 65.9 cm³/mol. The molecule has 0 saturated heterocycles. The third-order valence-electron chi connectivity index (χ3n) is 2.32. The van der Waals surface area contributed by atoms with Gasteiger partial charge in [0, 0.05) is 22.2 Å². The first-order valence-electron chi connectivity index (χ1n) is 4.67.